The molecule has 94 valence electrons. The van der Waals surface area contributed by atoms with Crippen molar-refractivity contribution in [1.82, 2.24) is 5.32 Å². The Morgan fingerprint density at radius 3 is 3.06 bits per heavy atom. The second-order valence-electron chi connectivity index (χ2n) is 4.64. The van der Waals surface area contributed by atoms with Gasteiger partial charge >= 0.3 is 0 Å². The van der Waals surface area contributed by atoms with Crippen LogP contribution in [0, 0.1) is 12.7 Å². The SMILES string of the molecule is CCCNC1CCCOc2c(C)cc(F)cc21. The van der Waals surface area contributed by atoms with Gasteiger partial charge in [0, 0.05) is 11.6 Å². The smallest absolute Gasteiger partial charge is 0.127 e. The van der Waals surface area contributed by atoms with Gasteiger partial charge in [-0.3, -0.25) is 0 Å². The minimum atomic E-state index is -0.171. The Morgan fingerprint density at radius 1 is 1.47 bits per heavy atom. The van der Waals surface area contributed by atoms with E-state index in [1.807, 2.05) is 6.92 Å². The summed E-state index contributed by atoms with van der Waals surface area (Å²) >= 11 is 0. The Morgan fingerprint density at radius 2 is 2.29 bits per heavy atom. The van der Waals surface area contributed by atoms with Crippen LogP contribution in [0.1, 0.15) is 43.4 Å². The summed E-state index contributed by atoms with van der Waals surface area (Å²) in [6, 6.07) is 3.38. The summed E-state index contributed by atoms with van der Waals surface area (Å²) < 4.78 is 19.2. The van der Waals surface area contributed by atoms with E-state index in [1.165, 1.54) is 0 Å². The molecule has 0 radical (unpaired) electrons. The normalized spacial score (nSPS) is 19.4. The summed E-state index contributed by atoms with van der Waals surface area (Å²) in [6.07, 6.45) is 3.11. The number of hydrogen-bond donors (Lipinski definition) is 1. The lowest BCUT2D eigenvalue weighted by Gasteiger charge is -2.19. The molecule has 1 aromatic rings. The van der Waals surface area contributed by atoms with E-state index in [-0.39, 0.29) is 11.9 Å². The monoisotopic (exact) mass is 237 g/mol. The molecule has 1 unspecified atom stereocenters. The van der Waals surface area contributed by atoms with Crippen LogP contribution in [0.5, 0.6) is 5.75 Å². The second kappa shape index (κ2) is 5.50. The van der Waals surface area contributed by atoms with Gasteiger partial charge in [-0.05, 0) is 50.4 Å². The maximum Gasteiger partial charge on any atom is 0.127 e. The molecule has 2 nitrogen and oxygen atoms in total. The van der Waals surface area contributed by atoms with E-state index < -0.39 is 0 Å². The van der Waals surface area contributed by atoms with Crippen LogP contribution in [-0.2, 0) is 0 Å². The van der Waals surface area contributed by atoms with Crippen molar-refractivity contribution in [1.29, 1.82) is 0 Å². The zero-order chi connectivity index (χ0) is 12.3. The van der Waals surface area contributed by atoms with Crippen LogP contribution in [0.25, 0.3) is 0 Å². The zero-order valence-corrected chi connectivity index (χ0v) is 10.6. The minimum absolute atomic E-state index is 0.171. The van der Waals surface area contributed by atoms with E-state index in [9.17, 15) is 4.39 Å². The van der Waals surface area contributed by atoms with E-state index in [4.69, 9.17) is 4.74 Å². The molecule has 0 bridgehead atoms. The van der Waals surface area contributed by atoms with Crippen LogP contribution < -0.4 is 10.1 Å². The molecular weight excluding hydrogens is 217 g/mol. The van der Waals surface area contributed by atoms with Gasteiger partial charge in [0.1, 0.15) is 11.6 Å². The molecule has 2 rings (SSSR count). The molecule has 1 N–H and O–H groups in total. The van der Waals surface area contributed by atoms with Crippen LogP contribution in [0.2, 0.25) is 0 Å². The van der Waals surface area contributed by atoms with Crippen molar-refractivity contribution in [2.75, 3.05) is 13.2 Å². The highest BCUT2D eigenvalue weighted by atomic mass is 19.1. The highest BCUT2D eigenvalue weighted by molar-refractivity contribution is 5.43. The Balaban J connectivity index is 2.33. The molecule has 0 aliphatic carbocycles. The highest BCUT2D eigenvalue weighted by Crippen LogP contribution is 2.34. The first-order chi connectivity index (χ1) is 8.22. The molecule has 1 heterocycles. The van der Waals surface area contributed by atoms with Gasteiger partial charge < -0.3 is 10.1 Å². The van der Waals surface area contributed by atoms with E-state index in [1.54, 1.807) is 12.1 Å². The fraction of sp³-hybridized carbons (Fsp3) is 0.571. The lowest BCUT2D eigenvalue weighted by atomic mass is 9.99. The lowest BCUT2D eigenvalue weighted by molar-refractivity contribution is 0.313. The molecular formula is C14H20FNO. The van der Waals surface area contributed by atoms with Crippen LogP contribution in [-0.4, -0.2) is 13.2 Å². The third kappa shape index (κ3) is 2.78. The van der Waals surface area contributed by atoms with Gasteiger partial charge in [0.25, 0.3) is 0 Å². The third-order valence-corrected chi connectivity index (χ3v) is 3.17. The Hall–Kier alpha value is -1.09. The number of hydrogen-bond acceptors (Lipinski definition) is 2. The first-order valence-corrected chi connectivity index (χ1v) is 6.38. The number of rotatable bonds is 3. The quantitative estimate of drug-likeness (QED) is 0.870. The van der Waals surface area contributed by atoms with Gasteiger partial charge in [-0.2, -0.15) is 0 Å². The van der Waals surface area contributed by atoms with Crippen LogP contribution in [0.15, 0.2) is 12.1 Å². The molecule has 0 amide bonds. The number of nitrogens with one attached hydrogen (secondary N) is 1. The van der Waals surface area contributed by atoms with Crippen molar-refractivity contribution in [3.63, 3.8) is 0 Å². The molecule has 1 aromatic carbocycles. The molecule has 0 spiro atoms. The van der Waals surface area contributed by atoms with Crippen molar-refractivity contribution in [2.45, 2.75) is 39.2 Å². The number of fused-ring (bicyclic) bond motifs is 1. The summed E-state index contributed by atoms with van der Waals surface area (Å²) in [6.45, 7) is 5.73. The van der Waals surface area contributed by atoms with Crippen LogP contribution in [0.3, 0.4) is 0 Å². The molecule has 0 fully saturated rings. The van der Waals surface area contributed by atoms with Gasteiger partial charge in [0.05, 0.1) is 6.61 Å². The number of halogens is 1. The minimum Gasteiger partial charge on any atom is -0.493 e. The van der Waals surface area contributed by atoms with Crippen LogP contribution >= 0.6 is 0 Å². The summed E-state index contributed by atoms with van der Waals surface area (Å²) in [5.41, 5.74) is 1.87. The molecule has 0 aromatic heterocycles. The van der Waals surface area contributed by atoms with E-state index in [2.05, 4.69) is 12.2 Å². The van der Waals surface area contributed by atoms with Gasteiger partial charge in [-0.25, -0.2) is 4.39 Å². The maximum atomic E-state index is 13.5. The third-order valence-electron chi connectivity index (χ3n) is 3.17. The lowest BCUT2D eigenvalue weighted by Crippen LogP contribution is -2.22. The zero-order valence-electron chi connectivity index (χ0n) is 10.6. The van der Waals surface area contributed by atoms with Crippen molar-refractivity contribution < 1.29 is 9.13 Å². The van der Waals surface area contributed by atoms with Crippen LogP contribution in [0.4, 0.5) is 4.39 Å². The molecule has 3 heteroatoms. The average Bonchev–Trinajstić information content (AvgIpc) is 2.49. The first-order valence-electron chi connectivity index (χ1n) is 6.38. The van der Waals surface area contributed by atoms with Gasteiger partial charge in [0.15, 0.2) is 0 Å². The second-order valence-corrected chi connectivity index (χ2v) is 4.64. The maximum absolute atomic E-state index is 13.5. The summed E-state index contributed by atoms with van der Waals surface area (Å²) in [4.78, 5) is 0. The van der Waals surface area contributed by atoms with E-state index in [0.717, 1.165) is 49.3 Å². The summed E-state index contributed by atoms with van der Waals surface area (Å²) in [5.74, 6) is 0.701. The predicted molar refractivity (Wildman–Crippen MR) is 66.9 cm³/mol. The molecule has 0 saturated heterocycles. The van der Waals surface area contributed by atoms with Crippen molar-refractivity contribution >= 4 is 0 Å². The Kier molecular flexibility index (Phi) is 4.00. The van der Waals surface area contributed by atoms with Gasteiger partial charge in [-0.15, -0.1) is 0 Å². The summed E-state index contributed by atoms with van der Waals surface area (Å²) in [5, 5.41) is 3.48. The number of ether oxygens (including phenoxy) is 1. The Labute approximate surface area is 102 Å². The Bertz CT molecular complexity index is 392. The highest BCUT2D eigenvalue weighted by Gasteiger charge is 2.21. The fourth-order valence-electron chi connectivity index (χ4n) is 2.36. The number of aryl methyl sites for hydroxylation is 1. The summed E-state index contributed by atoms with van der Waals surface area (Å²) in [7, 11) is 0. The number of benzene rings is 1. The molecule has 0 saturated carbocycles. The van der Waals surface area contributed by atoms with Crippen molar-refractivity contribution in [3.05, 3.63) is 29.1 Å². The fourth-order valence-corrected chi connectivity index (χ4v) is 2.36. The first kappa shape index (κ1) is 12.4. The topological polar surface area (TPSA) is 21.3 Å². The molecule has 1 aliphatic heterocycles. The molecule has 1 aliphatic rings. The van der Waals surface area contributed by atoms with Gasteiger partial charge in [-0.1, -0.05) is 6.92 Å². The predicted octanol–water partition coefficient (Wildman–Crippen LogP) is 3.35. The standard InChI is InChI=1S/C14H20FNO/c1-3-6-16-13-5-4-7-17-14-10(2)8-11(15)9-12(13)14/h8-9,13,16H,3-7H2,1-2H3. The average molecular weight is 237 g/mol. The van der Waals surface area contributed by atoms with E-state index in [0.29, 0.717) is 0 Å². The van der Waals surface area contributed by atoms with Crippen molar-refractivity contribution in [2.24, 2.45) is 0 Å². The molecule has 17 heavy (non-hydrogen) atoms. The largest absolute Gasteiger partial charge is 0.493 e. The molecule has 1 atom stereocenters. The van der Waals surface area contributed by atoms with Crippen molar-refractivity contribution in [3.8, 4) is 5.75 Å². The van der Waals surface area contributed by atoms with E-state index >= 15 is 0 Å². The van der Waals surface area contributed by atoms with Gasteiger partial charge in [0.2, 0.25) is 0 Å².